The van der Waals surface area contributed by atoms with Gasteiger partial charge in [0.1, 0.15) is 5.82 Å². The summed E-state index contributed by atoms with van der Waals surface area (Å²) in [6.45, 7) is 2.68. The second-order valence-corrected chi connectivity index (χ2v) is 7.60. The van der Waals surface area contributed by atoms with Crippen LogP contribution in [0.4, 0.5) is 0 Å². The van der Waals surface area contributed by atoms with Crippen LogP contribution in [-0.4, -0.2) is 44.1 Å². The Labute approximate surface area is 173 Å². The van der Waals surface area contributed by atoms with Crippen LogP contribution < -0.4 is 0 Å². The van der Waals surface area contributed by atoms with Crippen LogP contribution in [0.3, 0.4) is 0 Å². The molecule has 29 heavy (non-hydrogen) atoms. The molecule has 146 valence electrons. The van der Waals surface area contributed by atoms with Gasteiger partial charge in [0.2, 0.25) is 5.16 Å². The number of nitrogens with zero attached hydrogens (tertiary/aromatic N) is 4. The number of benzene rings is 2. The lowest BCUT2D eigenvalue weighted by molar-refractivity contribution is -0.127. The highest BCUT2D eigenvalue weighted by Gasteiger charge is 2.21. The van der Waals surface area contributed by atoms with E-state index in [4.69, 9.17) is 0 Å². The number of hydrazone groups is 1. The van der Waals surface area contributed by atoms with Crippen LogP contribution in [0.2, 0.25) is 0 Å². The summed E-state index contributed by atoms with van der Waals surface area (Å²) < 4.78 is 0. The Hall–Kier alpha value is -3.19. The monoisotopic (exact) mass is 403 g/mol. The van der Waals surface area contributed by atoms with E-state index in [1.54, 1.807) is 5.01 Å². The summed E-state index contributed by atoms with van der Waals surface area (Å²) in [7, 11) is 0. The fourth-order valence-electron chi connectivity index (χ4n) is 3.01. The van der Waals surface area contributed by atoms with Crippen molar-refractivity contribution in [2.24, 2.45) is 5.10 Å². The molecule has 2 aromatic carbocycles. The smallest absolute Gasteiger partial charge is 0.253 e. The molecule has 7 heteroatoms. The number of aromatic amines is 1. The van der Waals surface area contributed by atoms with Crippen LogP contribution >= 0.6 is 11.8 Å². The first-order valence-electron chi connectivity index (χ1n) is 9.41. The molecule has 0 unspecified atom stereocenters. The maximum absolute atomic E-state index is 12.5. The maximum atomic E-state index is 12.5. The lowest BCUT2D eigenvalue weighted by Crippen LogP contribution is -2.25. The second-order valence-electron chi connectivity index (χ2n) is 6.66. The number of thioether (sulfide) groups is 1. The third-order valence-corrected chi connectivity index (χ3v) is 5.44. The number of carbonyl (C=O) groups is 1. The van der Waals surface area contributed by atoms with Crippen LogP contribution in [0.1, 0.15) is 28.9 Å². The molecule has 1 amide bonds. The van der Waals surface area contributed by atoms with Gasteiger partial charge in [-0.3, -0.25) is 9.89 Å². The molecule has 0 fully saturated rings. The predicted octanol–water partition coefficient (Wildman–Crippen LogP) is 4.01. The van der Waals surface area contributed by atoms with Gasteiger partial charge in [-0.15, -0.1) is 5.10 Å². The van der Waals surface area contributed by atoms with Crippen LogP contribution in [0.15, 0.2) is 64.9 Å². The molecule has 4 rings (SSSR count). The van der Waals surface area contributed by atoms with E-state index < -0.39 is 0 Å². The summed E-state index contributed by atoms with van der Waals surface area (Å²) in [4.78, 5) is 16.9. The van der Waals surface area contributed by atoms with Gasteiger partial charge in [-0.05, 0) is 29.7 Å². The third-order valence-electron chi connectivity index (χ3n) is 4.61. The standard InChI is InChI=1S/C22H21N5OS/c1-16-7-5-6-8-17(16)11-12-20-23-22(25-24-20)29-15-21(28)27-14-13-19(26-27)18-9-3-2-4-10-18/h2-12H,13-15H2,1H3,(H,23,24,25)/b12-11+. The zero-order valence-electron chi connectivity index (χ0n) is 16.1. The van der Waals surface area contributed by atoms with Crippen LogP contribution in [-0.2, 0) is 4.79 Å². The van der Waals surface area contributed by atoms with Gasteiger partial charge in [0.15, 0.2) is 0 Å². The molecule has 2 heterocycles. The summed E-state index contributed by atoms with van der Waals surface area (Å²) in [5, 5.41) is 13.6. The number of H-pyrrole nitrogens is 1. The van der Waals surface area contributed by atoms with Crippen molar-refractivity contribution >= 4 is 35.5 Å². The average molecular weight is 404 g/mol. The molecule has 0 radical (unpaired) electrons. The largest absolute Gasteiger partial charge is 0.272 e. The fourth-order valence-corrected chi connectivity index (χ4v) is 3.69. The molecule has 6 nitrogen and oxygen atoms in total. The minimum Gasteiger partial charge on any atom is -0.272 e. The molecule has 3 aromatic rings. The summed E-state index contributed by atoms with van der Waals surface area (Å²) >= 11 is 1.31. The first-order valence-corrected chi connectivity index (χ1v) is 10.4. The molecule has 0 saturated heterocycles. The van der Waals surface area contributed by atoms with Gasteiger partial charge in [-0.2, -0.15) is 5.10 Å². The van der Waals surface area contributed by atoms with Crippen LogP contribution in [0.5, 0.6) is 0 Å². The number of aryl methyl sites for hydroxylation is 1. The first kappa shape index (κ1) is 19.1. The number of nitrogens with one attached hydrogen (secondary N) is 1. The number of carbonyl (C=O) groups excluding carboxylic acids is 1. The SMILES string of the molecule is Cc1ccccc1/C=C/c1nc(SCC(=O)N2CCC(c3ccccc3)=N2)n[nH]1. The van der Waals surface area contributed by atoms with Gasteiger partial charge < -0.3 is 0 Å². The number of rotatable bonds is 6. The molecule has 0 bridgehead atoms. The molecular weight excluding hydrogens is 382 g/mol. The zero-order valence-corrected chi connectivity index (χ0v) is 16.9. The summed E-state index contributed by atoms with van der Waals surface area (Å²) in [5.41, 5.74) is 4.35. The van der Waals surface area contributed by atoms with Crippen LogP contribution in [0, 0.1) is 6.92 Å². The molecule has 1 N–H and O–H groups in total. The van der Waals surface area contributed by atoms with E-state index in [2.05, 4.69) is 39.3 Å². The Kier molecular flexibility index (Phi) is 5.86. The minimum atomic E-state index is -0.0391. The third kappa shape index (κ3) is 4.81. The average Bonchev–Trinajstić information content (AvgIpc) is 3.42. The fraction of sp³-hybridized carbons (Fsp3) is 0.182. The molecule has 0 atom stereocenters. The molecule has 1 aliphatic rings. The van der Waals surface area contributed by atoms with Gasteiger partial charge in [0.25, 0.3) is 5.91 Å². The topological polar surface area (TPSA) is 74.2 Å². The Balaban J connectivity index is 1.32. The van der Waals surface area contributed by atoms with E-state index in [-0.39, 0.29) is 11.7 Å². The first-order chi connectivity index (χ1) is 14.2. The summed E-state index contributed by atoms with van der Waals surface area (Å²) in [5.74, 6) is 0.876. The van der Waals surface area contributed by atoms with Crippen molar-refractivity contribution in [1.29, 1.82) is 0 Å². The van der Waals surface area contributed by atoms with Crippen molar-refractivity contribution in [3.63, 3.8) is 0 Å². The quantitative estimate of drug-likeness (QED) is 0.631. The van der Waals surface area contributed by atoms with E-state index in [9.17, 15) is 4.79 Å². The molecule has 0 spiro atoms. The van der Waals surface area contributed by atoms with E-state index in [0.29, 0.717) is 17.5 Å². The van der Waals surface area contributed by atoms with Gasteiger partial charge >= 0.3 is 0 Å². The molecular formula is C22H21N5OS. The van der Waals surface area contributed by atoms with Gasteiger partial charge in [-0.1, -0.05) is 72.4 Å². The number of hydrogen-bond donors (Lipinski definition) is 1. The zero-order chi connectivity index (χ0) is 20.1. The maximum Gasteiger partial charge on any atom is 0.253 e. The molecule has 0 aliphatic carbocycles. The van der Waals surface area contributed by atoms with Crippen molar-refractivity contribution < 1.29 is 4.79 Å². The van der Waals surface area contributed by atoms with E-state index >= 15 is 0 Å². The lowest BCUT2D eigenvalue weighted by atomic mass is 10.1. The second kappa shape index (κ2) is 8.87. The molecule has 1 aliphatic heterocycles. The Morgan fingerprint density at radius 1 is 1.14 bits per heavy atom. The molecule has 1 aromatic heterocycles. The van der Waals surface area contributed by atoms with E-state index in [1.165, 1.54) is 17.3 Å². The Bertz CT molecular complexity index is 1060. The van der Waals surface area contributed by atoms with Crippen molar-refractivity contribution in [2.45, 2.75) is 18.5 Å². The Morgan fingerprint density at radius 3 is 2.76 bits per heavy atom. The molecule has 0 saturated carbocycles. The lowest BCUT2D eigenvalue weighted by Gasteiger charge is -2.09. The van der Waals surface area contributed by atoms with Crippen molar-refractivity contribution in [1.82, 2.24) is 20.2 Å². The number of aromatic nitrogens is 3. The van der Waals surface area contributed by atoms with Crippen molar-refractivity contribution in [2.75, 3.05) is 12.3 Å². The normalized spacial score (nSPS) is 13.8. The van der Waals surface area contributed by atoms with Gasteiger partial charge in [0, 0.05) is 6.42 Å². The van der Waals surface area contributed by atoms with Gasteiger partial charge in [-0.25, -0.2) is 9.99 Å². The Morgan fingerprint density at radius 2 is 1.93 bits per heavy atom. The van der Waals surface area contributed by atoms with Gasteiger partial charge in [0.05, 0.1) is 18.0 Å². The van der Waals surface area contributed by atoms with Crippen molar-refractivity contribution in [3.8, 4) is 0 Å². The minimum absolute atomic E-state index is 0.0391. The highest BCUT2D eigenvalue weighted by Crippen LogP contribution is 2.18. The van der Waals surface area contributed by atoms with E-state index in [0.717, 1.165) is 23.3 Å². The van der Waals surface area contributed by atoms with Crippen LogP contribution in [0.25, 0.3) is 12.2 Å². The highest BCUT2D eigenvalue weighted by atomic mass is 32.2. The summed E-state index contributed by atoms with van der Waals surface area (Å²) in [6.07, 6.45) is 4.66. The van der Waals surface area contributed by atoms with E-state index in [1.807, 2.05) is 54.6 Å². The predicted molar refractivity (Wildman–Crippen MR) is 117 cm³/mol. The highest BCUT2D eigenvalue weighted by molar-refractivity contribution is 7.99. The number of amides is 1. The summed E-state index contributed by atoms with van der Waals surface area (Å²) in [6, 6.07) is 18.1. The van der Waals surface area contributed by atoms with Crippen molar-refractivity contribution in [3.05, 3.63) is 77.1 Å². The number of hydrogen-bond acceptors (Lipinski definition) is 5.